The number of benzene rings is 3. The van der Waals surface area contributed by atoms with E-state index in [1.165, 1.54) is 42.5 Å². The SMILES string of the molecule is Nc1ccc(CC/C(=C\c2ccc(OC(=O)c3ccc(OCCCC(F)(F)C(F)(F)F)cc3)cc2)C(=O)O)c(N)c1. The molecule has 5 N–H and O–H groups in total. The molecule has 3 rings (SSSR count). The molecular formula is C29H27F5N2O5. The van der Waals surface area contributed by atoms with Gasteiger partial charge in [-0.05, 0) is 85.0 Å². The third-order valence-electron chi connectivity index (χ3n) is 5.95. The molecule has 3 aromatic carbocycles. The molecule has 3 aromatic rings. The third kappa shape index (κ3) is 8.95. The Morgan fingerprint density at radius 2 is 1.51 bits per heavy atom. The minimum Gasteiger partial charge on any atom is -0.494 e. The summed E-state index contributed by atoms with van der Waals surface area (Å²) in [7, 11) is 0. The van der Waals surface area contributed by atoms with Crippen LogP contribution in [0.2, 0.25) is 0 Å². The van der Waals surface area contributed by atoms with Crippen LogP contribution in [0.5, 0.6) is 11.5 Å². The molecule has 12 heteroatoms. The Morgan fingerprint density at radius 3 is 2.10 bits per heavy atom. The van der Waals surface area contributed by atoms with Gasteiger partial charge in [0.15, 0.2) is 0 Å². The summed E-state index contributed by atoms with van der Waals surface area (Å²) in [4.78, 5) is 24.2. The van der Waals surface area contributed by atoms with Crippen LogP contribution in [0.4, 0.5) is 33.3 Å². The summed E-state index contributed by atoms with van der Waals surface area (Å²) in [6.45, 7) is -0.366. The Hall–Kier alpha value is -4.61. The average Bonchev–Trinajstić information content (AvgIpc) is 2.90. The van der Waals surface area contributed by atoms with Gasteiger partial charge in [0.2, 0.25) is 0 Å². The van der Waals surface area contributed by atoms with Gasteiger partial charge in [-0.1, -0.05) is 18.2 Å². The Bertz CT molecular complexity index is 1390. The van der Waals surface area contributed by atoms with Gasteiger partial charge in [0.25, 0.3) is 0 Å². The van der Waals surface area contributed by atoms with E-state index in [2.05, 4.69) is 0 Å². The molecule has 0 spiro atoms. The number of nitrogen functional groups attached to an aromatic ring is 2. The van der Waals surface area contributed by atoms with Crippen molar-refractivity contribution in [3.8, 4) is 11.5 Å². The van der Waals surface area contributed by atoms with Crippen molar-refractivity contribution in [1.29, 1.82) is 0 Å². The van der Waals surface area contributed by atoms with Crippen molar-refractivity contribution >= 4 is 29.4 Å². The van der Waals surface area contributed by atoms with Crippen molar-refractivity contribution in [2.75, 3.05) is 18.1 Å². The summed E-state index contributed by atoms with van der Waals surface area (Å²) in [5, 5.41) is 9.60. The number of nitrogens with two attached hydrogens (primary N) is 2. The number of aliphatic carboxylic acids is 1. The summed E-state index contributed by atoms with van der Waals surface area (Å²) in [6, 6.07) is 16.6. The number of hydrogen-bond donors (Lipinski definition) is 3. The van der Waals surface area contributed by atoms with Gasteiger partial charge in [-0.2, -0.15) is 22.0 Å². The summed E-state index contributed by atoms with van der Waals surface area (Å²) < 4.78 is 72.9. The molecule has 0 saturated carbocycles. The smallest absolute Gasteiger partial charge is 0.453 e. The van der Waals surface area contributed by atoms with Crippen LogP contribution < -0.4 is 20.9 Å². The summed E-state index contributed by atoms with van der Waals surface area (Å²) in [6.07, 6.45) is -5.40. The van der Waals surface area contributed by atoms with Crippen LogP contribution in [-0.4, -0.2) is 35.8 Å². The minimum atomic E-state index is -5.61. The van der Waals surface area contributed by atoms with E-state index in [0.29, 0.717) is 23.4 Å². The molecule has 0 heterocycles. The maximum absolute atomic E-state index is 12.9. The van der Waals surface area contributed by atoms with Gasteiger partial charge in [-0.15, -0.1) is 0 Å². The third-order valence-corrected chi connectivity index (χ3v) is 5.95. The first-order valence-electron chi connectivity index (χ1n) is 12.3. The van der Waals surface area contributed by atoms with Gasteiger partial charge < -0.3 is 26.0 Å². The largest absolute Gasteiger partial charge is 0.494 e. The van der Waals surface area contributed by atoms with Crippen LogP contribution in [0.1, 0.15) is 40.7 Å². The van der Waals surface area contributed by atoms with Crippen molar-refractivity contribution in [3.63, 3.8) is 0 Å². The molecule has 41 heavy (non-hydrogen) atoms. The Balaban J connectivity index is 1.53. The lowest BCUT2D eigenvalue weighted by Gasteiger charge is -2.19. The molecule has 7 nitrogen and oxygen atoms in total. The highest BCUT2D eigenvalue weighted by atomic mass is 19.4. The maximum Gasteiger partial charge on any atom is 0.453 e. The minimum absolute atomic E-state index is 0.139. The van der Waals surface area contributed by atoms with Crippen molar-refractivity contribution in [2.45, 2.75) is 37.8 Å². The lowest BCUT2D eigenvalue weighted by Crippen LogP contribution is -2.36. The van der Waals surface area contributed by atoms with Gasteiger partial charge in [-0.25, -0.2) is 9.59 Å². The number of carboxylic acid groups (broad SMARTS) is 1. The van der Waals surface area contributed by atoms with E-state index in [4.69, 9.17) is 20.9 Å². The van der Waals surface area contributed by atoms with E-state index >= 15 is 0 Å². The second kappa shape index (κ2) is 13.2. The van der Waals surface area contributed by atoms with E-state index in [1.807, 2.05) is 0 Å². The number of halogens is 5. The highest BCUT2D eigenvalue weighted by Gasteiger charge is 2.56. The van der Waals surface area contributed by atoms with Gasteiger partial charge in [0.05, 0.1) is 12.2 Å². The van der Waals surface area contributed by atoms with Gasteiger partial charge in [0, 0.05) is 23.4 Å². The fraction of sp³-hybridized carbons (Fsp3) is 0.241. The Kier molecular flexibility index (Phi) is 9.93. The van der Waals surface area contributed by atoms with E-state index in [9.17, 15) is 36.6 Å². The first-order valence-corrected chi connectivity index (χ1v) is 12.3. The summed E-state index contributed by atoms with van der Waals surface area (Å²) in [5.41, 5.74) is 14.3. The number of carboxylic acids is 1. The van der Waals surface area contributed by atoms with Crippen LogP contribution >= 0.6 is 0 Å². The van der Waals surface area contributed by atoms with Gasteiger partial charge in [-0.3, -0.25) is 0 Å². The quantitative estimate of drug-likeness (QED) is 0.0558. The first-order chi connectivity index (χ1) is 19.2. The van der Waals surface area contributed by atoms with Crippen LogP contribution in [-0.2, 0) is 11.2 Å². The number of anilines is 2. The molecular weight excluding hydrogens is 551 g/mol. The molecule has 0 aliphatic carbocycles. The van der Waals surface area contributed by atoms with Crippen molar-refractivity contribution in [2.24, 2.45) is 0 Å². The molecule has 218 valence electrons. The van der Waals surface area contributed by atoms with Crippen LogP contribution in [0, 0.1) is 0 Å². The van der Waals surface area contributed by atoms with Crippen LogP contribution in [0.15, 0.2) is 72.3 Å². The Morgan fingerprint density at radius 1 is 0.878 bits per heavy atom. The molecule has 0 saturated heterocycles. The number of ether oxygens (including phenoxy) is 2. The second-order valence-electron chi connectivity index (χ2n) is 9.07. The standard InChI is InChI=1S/C29H27F5N2O5/c30-28(31,29(32,33)34)14-1-15-40-23-12-7-20(8-13-23)27(39)41-24-10-2-18(3-11-24)16-21(26(37)38)5-4-19-6-9-22(35)17-25(19)36/h2-3,6-13,16-17H,1,4-5,14-15,35-36H2,(H,37,38)/b21-16+. The van der Waals surface area contributed by atoms with E-state index < -0.39 is 36.9 Å². The van der Waals surface area contributed by atoms with E-state index in [-0.39, 0.29) is 35.7 Å². The fourth-order valence-electron chi connectivity index (χ4n) is 3.66. The Labute approximate surface area is 232 Å². The highest BCUT2D eigenvalue weighted by Crippen LogP contribution is 2.38. The molecule has 0 aliphatic heterocycles. The number of hydrogen-bond acceptors (Lipinski definition) is 6. The fourth-order valence-corrected chi connectivity index (χ4v) is 3.66. The first kappa shape index (κ1) is 30.9. The number of aryl methyl sites for hydroxylation is 1. The number of rotatable bonds is 12. The van der Waals surface area contributed by atoms with Crippen molar-refractivity contribution < 1.29 is 46.1 Å². The normalized spacial score (nSPS) is 12.2. The lowest BCUT2D eigenvalue weighted by molar-refractivity contribution is -0.284. The second-order valence-corrected chi connectivity index (χ2v) is 9.07. The number of alkyl halides is 5. The predicted molar refractivity (Wildman–Crippen MR) is 143 cm³/mol. The predicted octanol–water partition coefficient (Wildman–Crippen LogP) is 6.53. The van der Waals surface area contributed by atoms with E-state index in [1.54, 1.807) is 30.3 Å². The summed E-state index contributed by atoms with van der Waals surface area (Å²) in [5.74, 6) is -6.20. The molecule has 0 radical (unpaired) electrons. The van der Waals surface area contributed by atoms with Crippen molar-refractivity contribution in [3.05, 3.63) is 89.0 Å². The van der Waals surface area contributed by atoms with Crippen LogP contribution in [0.3, 0.4) is 0 Å². The molecule has 0 aromatic heterocycles. The highest BCUT2D eigenvalue weighted by molar-refractivity contribution is 5.92. The number of carbonyl (C=O) groups excluding carboxylic acids is 1. The molecule has 0 bridgehead atoms. The zero-order valence-electron chi connectivity index (χ0n) is 21.6. The topological polar surface area (TPSA) is 125 Å². The zero-order valence-corrected chi connectivity index (χ0v) is 21.6. The lowest BCUT2D eigenvalue weighted by atomic mass is 10.0. The molecule has 0 unspecified atom stereocenters. The molecule has 0 fully saturated rings. The molecule has 0 amide bonds. The number of esters is 1. The average molecular weight is 579 g/mol. The van der Waals surface area contributed by atoms with Gasteiger partial charge >= 0.3 is 24.0 Å². The monoisotopic (exact) mass is 578 g/mol. The maximum atomic E-state index is 12.9. The molecule has 0 atom stereocenters. The van der Waals surface area contributed by atoms with Gasteiger partial charge in [0.1, 0.15) is 11.5 Å². The number of carbonyl (C=O) groups is 2. The van der Waals surface area contributed by atoms with E-state index in [0.717, 1.165) is 5.56 Å². The molecule has 0 aliphatic rings. The van der Waals surface area contributed by atoms with Crippen molar-refractivity contribution in [1.82, 2.24) is 0 Å². The zero-order chi connectivity index (χ0) is 30.2. The summed E-state index contributed by atoms with van der Waals surface area (Å²) >= 11 is 0. The van der Waals surface area contributed by atoms with Crippen LogP contribution in [0.25, 0.3) is 6.08 Å².